The lowest BCUT2D eigenvalue weighted by molar-refractivity contribution is -0.123. The molecule has 8 heteroatoms. The lowest BCUT2D eigenvalue weighted by atomic mass is 10.2. The minimum absolute atomic E-state index is 0.00352. The SMILES string of the molecule is COc1ccc(/C=N/NC(=O)COc2ccc(Br)cc2Br)cc1O. The second-order valence-electron chi connectivity index (χ2n) is 4.59. The van der Waals surface area contributed by atoms with Crippen LogP contribution >= 0.6 is 31.9 Å². The summed E-state index contributed by atoms with van der Waals surface area (Å²) in [6.45, 7) is -0.175. The third kappa shape index (κ3) is 5.24. The maximum atomic E-state index is 11.7. The number of methoxy groups -OCH3 is 1. The first-order chi connectivity index (χ1) is 11.5. The fraction of sp³-hybridized carbons (Fsp3) is 0.125. The first-order valence-electron chi connectivity index (χ1n) is 6.76. The fourth-order valence-corrected chi connectivity index (χ4v) is 2.90. The molecule has 2 rings (SSSR count). The molecule has 0 radical (unpaired) electrons. The number of aromatic hydroxyl groups is 1. The van der Waals surface area contributed by atoms with Gasteiger partial charge in [-0.25, -0.2) is 5.43 Å². The lowest BCUT2D eigenvalue weighted by Gasteiger charge is -2.07. The van der Waals surface area contributed by atoms with Crippen LogP contribution in [0.15, 0.2) is 50.4 Å². The van der Waals surface area contributed by atoms with Crippen molar-refractivity contribution in [2.24, 2.45) is 5.10 Å². The van der Waals surface area contributed by atoms with Gasteiger partial charge in [0.25, 0.3) is 5.91 Å². The Balaban J connectivity index is 1.85. The molecule has 24 heavy (non-hydrogen) atoms. The monoisotopic (exact) mass is 456 g/mol. The number of hydrogen-bond acceptors (Lipinski definition) is 5. The fourth-order valence-electron chi connectivity index (χ4n) is 1.73. The Labute approximate surface area is 155 Å². The molecule has 2 aromatic rings. The normalized spacial score (nSPS) is 10.6. The van der Waals surface area contributed by atoms with E-state index in [1.54, 1.807) is 18.2 Å². The van der Waals surface area contributed by atoms with Crippen molar-refractivity contribution in [1.82, 2.24) is 5.43 Å². The molecule has 2 N–H and O–H groups in total. The van der Waals surface area contributed by atoms with Crippen LogP contribution < -0.4 is 14.9 Å². The first-order valence-corrected chi connectivity index (χ1v) is 8.35. The van der Waals surface area contributed by atoms with Gasteiger partial charge in [0.1, 0.15) is 5.75 Å². The van der Waals surface area contributed by atoms with Crippen LogP contribution in [0.4, 0.5) is 0 Å². The molecule has 0 aliphatic rings. The minimum Gasteiger partial charge on any atom is -0.504 e. The molecule has 0 fully saturated rings. The largest absolute Gasteiger partial charge is 0.504 e. The van der Waals surface area contributed by atoms with E-state index < -0.39 is 5.91 Å². The highest BCUT2D eigenvalue weighted by molar-refractivity contribution is 9.11. The summed E-state index contributed by atoms with van der Waals surface area (Å²) < 4.78 is 12.0. The molecule has 0 saturated heterocycles. The molecule has 0 bridgehead atoms. The highest BCUT2D eigenvalue weighted by Gasteiger charge is 2.05. The van der Waals surface area contributed by atoms with Crippen molar-refractivity contribution in [2.45, 2.75) is 0 Å². The number of amides is 1. The summed E-state index contributed by atoms with van der Waals surface area (Å²) >= 11 is 6.69. The molecule has 0 unspecified atom stereocenters. The minimum atomic E-state index is -0.404. The van der Waals surface area contributed by atoms with Crippen molar-refractivity contribution >= 4 is 44.0 Å². The molecule has 0 saturated carbocycles. The number of nitrogens with zero attached hydrogens (tertiary/aromatic N) is 1. The number of halogens is 2. The van der Waals surface area contributed by atoms with E-state index >= 15 is 0 Å². The molecule has 126 valence electrons. The number of rotatable bonds is 6. The number of nitrogens with one attached hydrogen (secondary N) is 1. The van der Waals surface area contributed by atoms with Gasteiger partial charge in [-0.05, 0) is 57.9 Å². The number of hydrogen-bond donors (Lipinski definition) is 2. The second kappa shape index (κ2) is 8.70. The summed E-state index contributed by atoms with van der Waals surface area (Å²) in [5.41, 5.74) is 2.96. The Morgan fingerprint density at radius 3 is 2.67 bits per heavy atom. The molecule has 0 heterocycles. The second-order valence-corrected chi connectivity index (χ2v) is 6.36. The van der Waals surface area contributed by atoms with Crippen molar-refractivity contribution in [3.8, 4) is 17.2 Å². The van der Waals surface area contributed by atoms with Gasteiger partial charge in [-0.2, -0.15) is 5.10 Å². The van der Waals surface area contributed by atoms with Crippen molar-refractivity contribution in [2.75, 3.05) is 13.7 Å². The van der Waals surface area contributed by atoms with E-state index in [0.29, 0.717) is 17.1 Å². The number of phenolic OH excluding ortho intramolecular Hbond substituents is 1. The maximum absolute atomic E-state index is 11.7. The van der Waals surface area contributed by atoms with E-state index in [4.69, 9.17) is 9.47 Å². The van der Waals surface area contributed by atoms with Gasteiger partial charge in [0.05, 0.1) is 17.8 Å². The summed E-state index contributed by atoms with van der Waals surface area (Å²) in [6, 6.07) is 10.2. The molecule has 1 amide bonds. The Bertz CT molecular complexity index is 766. The summed E-state index contributed by atoms with van der Waals surface area (Å²) in [5.74, 6) is 0.511. The standard InChI is InChI=1S/C16H14Br2N2O4/c1-23-15-4-2-10(6-13(15)21)8-19-20-16(22)9-24-14-5-3-11(17)7-12(14)18/h2-8,21H,9H2,1H3,(H,20,22)/b19-8+. The Morgan fingerprint density at radius 1 is 1.25 bits per heavy atom. The van der Waals surface area contributed by atoms with Gasteiger partial charge in [0.2, 0.25) is 0 Å². The number of carbonyl (C=O) groups is 1. The van der Waals surface area contributed by atoms with Crippen LogP contribution in [0.2, 0.25) is 0 Å². The molecular weight excluding hydrogens is 444 g/mol. The summed E-state index contributed by atoms with van der Waals surface area (Å²) in [7, 11) is 1.47. The zero-order valence-corrected chi connectivity index (χ0v) is 15.8. The molecule has 6 nitrogen and oxygen atoms in total. The van der Waals surface area contributed by atoms with Crippen molar-refractivity contribution in [3.05, 3.63) is 50.9 Å². The molecule has 0 atom stereocenters. The van der Waals surface area contributed by atoms with Gasteiger partial charge in [0, 0.05) is 4.47 Å². The summed E-state index contributed by atoms with van der Waals surface area (Å²) in [5, 5.41) is 13.5. The predicted octanol–water partition coefficient (Wildman–Crippen LogP) is 3.45. The van der Waals surface area contributed by atoms with E-state index in [9.17, 15) is 9.90 Å². The molecule has 0 aliphatic heterocycles. The summed E-state index contributed by atoms with van der Waals surface area (Å²) in [6.07, 6.45) is 1.41. The third-order valence-corrected chi connectivity index (χ3v) is 3.97. The number of phenols is 1. The van der Waals surface area contributed by atoms with Crippen molar-refractivity contribution in [1.29, 1.82) is 0 Å². The van der Waals surface area contributed by atoms with Crippen LogP contribution in [0.5, 0.6) is 17.2 Å². The van der Waals surface area contributed by atoms with Crippen LogP contribution in [-0.2, 0) is 4.79 Å². The zero-order valence-electron chi connectivity index (χ0n) is 12.6. The predicted molar refractivity (Wildman–Crippen MR) is 97.7 cm³/mol. The van der Waals surface area contributed by atoms with Gasteiger partial charge in [-0.1, -0.05) is 15.9 Å². The first kappa shape index (κ1) is 18.3. The van der Waals surface area contributed by atoms with Crippen molar-refractivity contribution in [3.63, 3.8) is 0 Å². The van der Waals surface area contributed by atoms with Gasteiger partial charge >= 0.3 is 0 Å². The zero-order chi connectivity index (χ0) is 17.5. The van der Waals surface area contributed by atoms with Gasteiger partial charge in [-0.15, -0.1) is 0 Å². The van der Waals surface area contributed by atoms with Crippen LogP contribution in [0.3, 0.4) is 0 Å². The van der Waals surface area contributed by atoms with Gasteiger partial charge in [-0.3, -0.25) is 4.79 Å². The van der Waals surface area contributed by atoms with E-state index in [-0.39, 0.29) is 12.4 Å². The Kier molecular flexibility index (Phi) is 6.62. The Hall–Kier alpha value is -2.06. The topological polar surface area (TPSA) is 80.2 Å². The van der Waals surface area contributed by atoms with Crippen LogP contribution in [-0.4, -0.2) is 30.9 Å². The Morgan fingerprint density at radius 2 is 2.00 bits per heavy atom. The molecule has 0 aliphatic carbocycles. The molecule has 0 aromatic heterocycles. The summed E-state index contributed by atoms with van der Waals surface area (Å²) in [4.78, 5) is 11.7. The van der Waals surface area contributed by atoms with Crippen LogP contribution in [0, 0.1) is 0 Å². The van der Waals surface area contributed by atoms with E-state index in [1.165, 1.54) is 19.4 Å². The van der Waals surface area contributed by atoms with E-state index in [0.717, 1.165) is 8.95 Å². The van der Waals surface area contributed by atoms with Crippen LogP contribution in [0.1, 0.15) is 5.56 Å². The van der Waals surface area contributed by atoms with E-state index in [2.05, 4.69) is 42.4 Å². The number of carbonyl (C=O) groups excluding carboxylic acids is 1. The van der Waals surface area contributed by atoms with Gasteiger partial charge < -0.3 is 14.6 Å². The van der Waals surface area contributed by atoms with Crippen molar-refractivity contribution < 1.29 is 19.4 Å². The highest BCUT2D eigenvalue weighted by atomic mass is 79.9. The average molecular weight is 458 g/mol. The molecule has 0 spiro atoms. The average Bonchev–Trinajstić information content (AvgIpc) is 2.54. The highest BCUT2D eigenvalue weighted by Crippen LogP contribution is 2.28. The molecular formula is C16H14Br2N2O4. The number of benzene rings is 2. The third-order valence-electron chi connectivity index (χ3n) is 2.86. The van der Waals surface area contributed by atoms with Gasteiger partial charge in [0.15, 0.2) is 18.1 Å². The maximum Gasteiger partial charge on any atom is 0.277 e. The lowest BCUT2D eigenvalue weighted by Crippen LogP contribution is -2.24. The van der Waals surface area contributed by atoms with Crippen LogP contribution in [0.25, 0.3) is 0 Å². The number of ether oxygens (including phenoxy) is 2. The quantitative estimate of drug-likeness (QED) is 0.514. The smallest absolute Gasteiger partial charge is 0.277 e. The molecule has 2 aromatic carbocycles. The number of hydrazone groups is 1. The van der Waals surface area contributed by atoms with E-state index in [1.807, 2.05) is 12.1 Å².